The van der Waals surface area contributed by atoms with Gasteiger partial charge < -0.3 is 19.3 Å². The normalized spacial score (nSPS) is 15.7. The molecule has 6 nitrogen and oxygen atoms in total. The topological polar surface area (TPSA) is 59.1 Å². The number of hydrogen-bond acceptors (Lipinski definition) is 4. The second-order valence-electron chi connectivity index (χ2n) is 9.21. The Hall–Kier alpha value is -3.02. The van der Waals surface area contributed by atoms with E-state index >= 15 is 0 Å². The summed E-state index contributed by atoms with van der Waals surface area (Å²) in [7, 11) is 1.56. The summed E-state index contributed by atoms with van der Waals surface area (Å²) in [6.45, 7) is 10.4. The molecule has 1 heterocycles. The van der Waals surface area contributed by atoms with E-state index in [-0.39, 0.29) is 17.2 Å². The van der Waals surface area contributed by atoms with Crippen LogP contribution in [0.15, 0.2) is 48.5 Å². The summed E-state index contributed by atoms with van der Waals surface area (Å²) in [6.07, 6.45) is 0.131. The number of carbonyl (C=O) groups excluding carboxylic acids is 2. The van der Waals surface area contributed by atoms with Gasteiger partial charge in [0.2, 0.25) is 0 Å². The zero-order valence-corrected chi connectivity index (χ0v) is 19.8. The minimum Gasteiger partial charge on any atom is -0.496 e. The standard InChI is InChI=1S/C26H34N2O4/c1-19(32-21-13-11-20(12-14-21)26(2,3)4)24(29)27-15-8-16-28(18-17-27)25(30)22-9-6-7-10-23(22)31-5/h6-7,9-14,19H,8,15-18H2,1-5H3. The van der Waals surface area contributed by atoms with E-state index in [9.17, 15) is 9.59 Å². The molecule has 0 aliphatic carbocycles. The third-order valence-corrected chi connectivity index (χ3v) is 5.81. The molecule has 3 rings (SSSR count). The van der Waals surface area contributed by atoms with Gasteiger partial charge in [-0.05, 0) is 48.6 Å². The van der Waals surface area contributed by atoms with Crippen molar-refractivity contribution >= 4 is 11.8 Å². The molecule has 0 spiro atoms. The van der Waals surface area contributed by atoms with Gasteiger partial charge in [-0.15, -0.1) is 0 Å². The van der Waals surface area contributed by atoms with Crippen LogP contribution < -0.4 is 9.47 Å². The van der Waals surface area contributed by atoms with Crippen LogP contribution in [0.4, 0.5) is 0 Å². The lowest BCUT2D eigenvalue weighted by Crippen LogP contribution is -2.43. The molecular weight excluding hydrogens is 404 g/mol. The van der Waals surface area contributed by atoms with Crippen LogP contribution in [0, 0.1) is 0 Å². The first kappa shape index (κ1) is 23.6. The minimum absolute atomic E-state index is 0.0588. The molecule has 1 atom stereocenters. The van der Waals surface area contributed by atoms with Crippen LogP contribution in [0.5, 0.6) is 11.5 Å². The van der Waals surface area contributed by atoms with Gasteiger partial charge in [-0.1, -0.05) is 45.0 Å². The van der Waals surface area contributed by atoms with E-state index < -0.39 is 6.10 Å². The summed E-state index contributed by atoms with van der Waals surface area (Å²) in [6, 6.07) is 15.1. The van der Waals surface area contributed by atoms with Gasteiger partial charge in [0.05, 0.1) is 12.7 Å². The Balaban J connectivity index is 1.59. The number of methoxy groups -OCH3 is 1. The van der Waals surface area contributed by atoms with Crippen molar-refractivity contribution < 1.29 is 19.1 Å². The van der Waals surface area contributed by atoms with Crippen LogP contribution in [0.2, 0.25) is 0 Å². The predicted octanol–water partition coefficient (Wildman–Crippen LogP) is 4.13. The molecule has 1 unspecified atom stereocenters. The van der Waals surface area contributed by atoms with Crippen LogP contribution in [-0.2, 0) is 10.2 Å². The third kappa shape index (κ3) is 5.61. The molecule has 0 saturated carbocycles. The van der Waals surface area contributed by atoms with E-state index in [1.54, 1.807) is 36.0 Å². The van der Waals surface area contributed by atoms with Gasteiger partial charge in [-0.25, -0.2) is 0 Å². The molecule has 1 saturated heterocycles. The highest BCUT2D eigenvalue weighted by Crippen LogP contribution is 2.25. The Bertz CT molecular complexity index is 934. The number of rotatable bonds is 5. The van der Waals surface area contributed by atoms with Crippen molar-refractivity contribution in [3.63, 3.8) is 0 Å². The van der Waals surface area contributed by atoms with Gasteiger partial charge in [-0.2, -0.15) is 0 Å². The van der Waals surface area contributed by atoms with Gasteiger partial charge in [0.15, 0.2) is 6.10 Å². The molecule has 2 aromatic rings. The van der Waals surface area contributed by atoms with E-state index in [2.05, 4.69) is 20.8 Å². The smallest absolute Gasteiger partial charge is 0.263 e. The highest BCUT2D eigenvalue weighted by Gasteiger charge is 2.27. The molecule has 2 amide bonds. The number of benzene rings is 2. The Morgan fingerprint density at radius 1 is 0.906 bits per heavy atom. The van der Waals surface area contributed by atoms with Crippen LogP contribution >= 0.6 is 0 Å². The van der Waals surface area contributed by atoms with E-state index in [0.717, 1.165) is 6.42 Å². The maximum atomic E-state index is 13.0. The highest BCUT2D eigenvalue weighted by molar-refractivity contribution is 5.97. The van der Waals surface area contributed by atoms with Gasteiger partial charge >= 0.3 is 0 Å². The van der Waals surface area contributed by atoms with Crippen molar-refractivity contribution in [1.82, 2.24) is 9.80 Å². The Kier molecular flexibility index (Phi) is 7.44. The zero-order chi connectivity index (χ0) is 23.3. The molecule has 0 aromatic heterocycles. The molecule has 1 aliphatic heterocycles. The molecule has 0 bridgehead atoms. The van der Waals surface area contributed by atoms with Gasteiger partial charge in [-0.3, -0.25) is 9.59 Å². The van der Waals surface area contributed by atoms with Crippen molar-refractivity contribution in [1.29, 1.82) is 0 Å². The van der Waals surface area contributed by atoms with E-state index in [0.29, 0.717) is 43.2 Å². The molecule has 1 aliphatic rings. The van der Waals surface area contributed by atoms with E-state index in [1.165, 1.54) is 5.56 Å². The number of amides is 2. The SMILES string of the molecule is COc1ccccc1C(=O)N1CCCN(C(=O)C(C)Oc2ccc(C(C)(C)C)cc2)CC1. The number of nitrogens with zero attached hydrogens (tertiary/aromatic N) is 2. The first-order chi connectivity index (χ1) is 15.2. The minimum atomic E-state index is -0.591. The van der Waals surface area contributed by atoms with Gasteiger partial charge in [0.1, 0.15) is 11.5 Å². The lowest BCUT2D eigenvalue weighted by Gasteiger charge is -2.25. The van der Waals surface area contributed by atoms with Crippen molar-refractivity contribution in [3.8, 4) is 11.5 Å². The summed E-state index contributed by atoms with van der Waals surface area (Å²) in [5.41, 5.74) is 1.83. The van der Waals surface area contributed by atoms with Crippen molar-refractivity contribution in [2.75, 3.05) is 33.3 Å². The van der Waals surface area contributed by atoms with E-state index in [4.69, 9.17) is 9.47 Å². The fraction of sp³-hybridized carbons (Fsp3) is 0.462. The second kappa shape index (κ2) is 10.1. The number of carbonyl (C=O) groups is 2. The Labute approximate surface area is 191 Å². The lowest BCUT2D eigenvalue weighted by molar-refractivity contribution is -0.137. The molecule has 0 N–H and O–H groups in total. The summed E-state index contributed by atoms with van der Waals surface area (Å²) in [5.74, 6) is 1.12. The summed E-state index contributed by atoms with van der Waals surface area (Å²) < 4.78 is 11.3. The summed E-state index contributed by atoms with van der Waals surface area (Å²) in [5, 5.41) is 0. The van der Waals surface area contributed by atoms with Crippen LogP contribution in [0.25, 0.3) is 0 Å². The largest absolute Gasteiger partial charge is 0.496 e. The lowest BCUT2D eigenvalue weighted by atomic mass is 9.87. The first-order valence-corrected chi connectivity index (χ1v) is 11.2. The van der Waals surface area contributed by atoms with Crippen molar-refractivity contribution in [2.24, 2.45) is 0 Å². The fourth-order valence-corrected chi connectivity index (χ4v) is 3.88. The highest BCUT2D eigenvalue weighted by atomic mass is 16.5. The Morgan fingerprint density at radius 3 is 2.19 bits per heavy atom. The number of para-hydroxylation sites is 1. The molecule has 32 heavy (non-hydrogen) atoms. The maximum absolute atomic E-state index is 13.0. The van der Waals surface area contributed by atoms with Gasteiger partial charge in [0, 0.05) is 26.2 Å². The van der Waals surface area contributed by atoms with E-state index in [1.807, 2.05) is 36.4 Å². The van der Waals surface area contributed by atoms with Crippen molar-refractivity contribution in [2.45, 2.75) is 45.6 Å². The molecule has 1 fully saturated rings. The molecule has 2 aromatic carbocycles. The second-order valence-corrected chi connectivity index (χ2v) is 9.21. The predicted molar refractivity (Wildman–Crippen MR) is 125 cm³/mol. The Morgan fingerprint density at radius 2 is 1.53 bits per heavy atom. The number of ether oxygens (including phenoxy) is 2. The number of hydrogen-bond donors (Lipinski definition) is 0. The maximum Gasteiger partial charge on any atom is 0.263 e. The van der Waals surface area contributed by atoms with Crippen LogP contribution in [0.1, 0.15) is 50.0 Å². The third-order valence-electron chi connectivity index (χ3n) is 5.81. The van der Waals surface area contributed by atoms with Crippen LogP contribution in [0.3, 0.4) is 0 Å². The molecular formula is C26H34N2O4. The quantitative estimate of drug-likeness (QED) is 0.704. The first-order valence-electron chi connectivity index (χ1n) is 11.2. The average Bonchev–Trinajstić information content (AvgIpc) is 3.04. The fourth-order valence-electron chi connectivity index (χ4n) is 3.88. The molecule has 172 valence electrons. The molecule has 0 radical (unpaired) electrons. The van der Waals surface area contributed by atoms with Crippen LogP contribution in [-0.4, -0.2) is 61.0 Å². The van der Waals surface area contributed by atoms with Gasteiger partial charge in [0.25, 0.3) is 11.8 Å². The van der Waals surface area contributed by atoms with Crippen molar-refractivity contribution in [3.05, 3.63) is 59.7 Å². The zero-order valence-electron chi connectivity index (χ0n) is 19.8. The average molecular weight is 439 g/mol. The summed E-state index contributed by atoms with van der Waals surface area (Å²) >= 11 is 0. The monoisotopic (exact) mass is 438 g/mol. The summed E-state index contributed by atoms with van der Waals surface area (Å²) in [4.78, 5) is 29.6. The molecule has 6 heteroatoms.